The van der Waals surface area contributed by atoms with Gasteiger partial charge >= 0.3 is 0 Å². The lowest BCUT2D eigenvalue weighted by atomic mass is 9.91. The zero-order valence-electron chi connectivity index (χ0n) is 21.8. The summed E-state index contributed by atoms with van der Waals surface area (Å²) in [5.41, 5.74) is 1.84. The minimum atomic E-state index is 0.0421. The lowest BCUT2D eigenvalue weighted by Gasteiger charge is -2.43. The first-order valence-corrected chi connectivity index (χ1v) is 13.4. The fourth-order valence-corrected chi connectivity index (χ4v) is 5.31. The summed E-state index contributed by atoms with van der Waals surface area (Å²) < 4.78 is 5.16. The number of rotatable bonds is 9. The van der Waals surface area contributed by atoms with Gasteiger partial charge in [-0.2, -0.15) is 0 Å². The number of hydrogen-bond donors (Lipinski definition) is 0. The van der Waals surface area contributed by atoms with Crippen LogP contribution < -0.4 is 4.90 Å². The van der Waals surface area contributed by atoms with Gasteiger partial charge in [0.05, 0.1) is 13.2 Å². The molecule has 2 heterocycles. The van der Waals surface area contributed by atoms with Crippen molar-refractivity contribution in [2.45, 2.75) is 45.2 Å². The van der Waals surface area contributed by atoms with Crippen LogP contribution in [0.25, 0.3) is 0 Å². The largest absolute Gasteiger partial charge is 0.383 e. The van der Waals surface area contributed by atoms with E-state index in [1.165, 1.54) is 19.3 Å². The molecule has 1 aliphatic carbocycles. The molecule has 8 heteroatoms. The number of carbonyl (C=O) groups is 2. The lowest BCUT2D eigenvalue weighted by Crippen LogP contribution is -2.56. The number of ether oxygens (including phenoxy) is 1. The molecule has 4 rings (SSSR count). The molecule has 3 aliphatic rings. The molecule has 2 saturated heterocycles. The molecular formula is C27H43N5O3. The molecule has 1 aromatic rings. The number of methoxy groups -OCH3 is 1. The third kappa shape index (κ3) is 6.54. The second-order valence-electron chi connectivity index (χ2n) is 10.4. The van der Waals surface area contributed by atoms with Crippen molar-refractivity contribution in [1.29, 1.82) is 0 Å². The van der Waals surface area contributed by atoms with E-state index < -0.39 is 0 Å². The van der Waals surface area contributed by atoms with Crippen LogP contribution in [0.2, 0.25) is 0 Å². The van der Waals surface area contributed by atoms with E-state index in [0.29, 0.717) is 25.3 Å². The van der Waals surface area contributed by atoms with E-state index >= 15 is 0 Å². The van der Waals surface area contributed by atoms with E-state index in [9.17, 15) is 9.59 Å². The second kappa shape index (κ2) is 12.2. The van der Waals surface area contributed by atoms with E-state index in [0.717, 1.165) is 64.1 Å². The van der Waals surface area contributed by atoms with E-state index in [4.69, 9.17) is 4.74 Å². The van der Waals surface area contributed by atoms with E-state index in [2.05, 4.69) is 19.6 Å². The van der Waals surface area contributed by atoms with Crippen LogP contribution in [0.3, 0.4) is 0 Å². The predicted octanol–water partition coefficient (Wildman–Crippen LogP) is 2.00. The maximum absolute atomic E-state index is 12.9. The molecule has 8 nitrogen and oxygen atoms in total. The Kier molecular flexibility index (Phi) is 9.03. The Morgan fingerprint density at radius 2 is 1.63 bits per heavy atom. The molecule has 2 amide bonds. The highest BCUT2D eigenvalue weighted by Crippen LogP contribution is 2.25. The van der Waals surface area contributed by atoms with Gasteiger partial charge in [0.15, 0.2) is 0 Å². The van der Waals surface area contributed by atoms with Crippen molar-refractivity contribution in [3.63, 3.8) is 0 Å². The number of carbonyl (C=O) groups excluding carboxylic acids is 2. The molecule has 0 bridgehead atoms. The lowest BCUT2D eigenvalue weighted by molar-refractivity contribution is -0.134. The number of nitrogens with zero attached hydrogens (tertiary/aromatic N) is 5. The van der Waals surface area contributed by atoms with E-state index in [-0.39, 0.29) is 17.9 Å². The zero-order chi connectivity index (χ0) is 24.8. The predicted molar refractivity (Wildman–Crippen MR) is 139 cm³/mol. The second-order valence-corrected chi connectivity index (χ2v) is 10.4. The molecule has 35 heavy (non-hydrogen) atoms. The highest BCUT2D eigenvalue weighted by Gasteiger charge is 2.30. The third-order valence-corrected chi connectivity index (χ3v) is 7.89. The molecule has 0 spiro atoms. The summed E-state index contributed by atoms with van der Waals surface area (Å²) in [6.07, 6.45) is 4.04. The van der Waals surface area contributed by atoms with Crippen LogP contribution in [0.15, 0.2) is 24.3 Å². The summed E-state index contributed by atoms with van der Waals surface area (Å²) in [6.45, 7) is 13.1. The van der Waals surface area contributed by atoms with Gasteiger partial charge in [-0.05, 0) is 51.0 Å². The molecule has 1 aromatic carbocycles. The minimum absolute atomic E-state index is 0.0421. The van der Waals surface area contributed by atoms with Gasteiger partial charge in [0, 0.05) is 89.3 Å². The van der Waals surface area contributed by atoms with Crippen LogP contribution in [0, 0.1) is 0 Å². The van der Waals surface area contributed by atoms with Crippen molar-refractivity contribution >= 4 is 17.5 Å². The molecule has 0 N–H and O–H groups in total. The van der Waals surface area contributed by atoms with E-state index in [1.807, 2.05) is 43.0 Å². The Morgan fingerprint density at radius 1 is 0.971 bits per heavy atom. The van der Waals surface area contributed by atoms with Crippen LogP contribution in [-0.4, -0.2) is 123 Å². The summed E-state index contributed by atoms with van der Waals surface area (Å²) in [6, 6.07) is 8.85. The maximum Gasteiger partial charge on any atom is 0.254 e. The molecule has 0 unspecified atom stereocenters. The zero-order valence-corrected chi connectivity index (χ0v) is 21.8. The fraction of sp³-hybridized carbons (Fsp3) is 0.704. The van der Waals surface area contributed by atoms with Crippen molar-refractivity contribution in [2.75, 3.05) is 84.1 Å². The van der Waals surface area contributed by atoms with E-state index in [1.54, 1.807) is 7.11 Å². The Labute approximate surface area is 210 Å². The number of hydrogen-bond acceptors (Lipinski definition) is 6. The summed E-state index contributed by atoms with van der Waals surface area (Å²) >= 11 is 0. The van der Waals surface area contributed by atoms with Crippen LogP contribution in [0.1, 0.15) is 43.5 Å². The van der Waals surface area contributed by atoms with Gasteiger partial charge in [0.25, 0.3) is 5.91 Å². The Morgan fingerprint density at radius 3 is 2.17 bits per heavy atom. The molecule has 0 radical (unpaired) electrons. The van der Waals surface area contributed by atoms with Crippen molar-refractivity contribution in [3.8, 4) is 0 Å². The van der Waals surface area contributed by atoms with Crippen molar-refractivity contribution in [1.82, 2.24) is 19.6 Å². The normalized spacial score (nSPS) is 20.2. The van der Waals surface area contributed by atoms with Gasteiger partial charge in [-0.25, -0.2) is 0 Å². The maximum atomic E-state index is 12.9. The first-order chi connectivity index (χ1) is 17.0. The molecule has 0 atom stereocenters. The first kappa shape index (κ1) is 25.9. The summed E-state index contributed by atoms with van der Waals surface area (Å²) in [5.74, 6) is 0.318. The van der Waals surface area contributed by atoms with Crippen molar-refractivity contribution in [2.24, 2.45) is 0 Å². The van der Waals surface area contributed by atoms with Crippen LogP contribution >= 0.6 is 0 Å². The standard InChI is InChI=1S/C27H43N5O3/c1-22(2)32(19-20-35-3)27(34)23-7-9-25(10-8-23)29-13-11-28(12-14-29)21-26(33)31-17-15-30(16-18-31)24-5-4-6-24/h7-10,22,24H,4-6,11-21H2,1-3H3. The average Bonchev–Trinajstić information content (AvgIpc) is 2.84. The number of amides is 2. The molecular weight excluding hydrogens is 442 g/mol. The Bertz CT molecular complexity index is 826. The molecule has 3 fully saturated rings. The van der Waals surface area contributed by atoms with Gasteiger partial charge in [0.2, 0.25) is 5.91 Å². The van der Waals surface area contributed by atoms with Gasteiger partial charge < -0.3 is 19.4 Å². The number of benzene rings is 1. The smallest absolute Gasteiger partial charge is 0.254 e. The van der Waals surface area contributed by atoms with Gasteiger partial charge in [-0.3, -0.25) is 19.4 Å². The Hall–Kier alpha value is -2.16. The molecule has 0 aromatic heterocycles. The van der Waals surface area contributed by atoms with Crippen LogP contribution in [0.5, 0.6) is 0 Å². The first-order valence-electron chi connectivity index (χ1n) is 13.4. The van der Waals surface area contributed by atoms with Crippen molar-refractivity contribution in [3.05, 3.63) is 29.8 Å². The third-order valence-electron chi connectivity index (χ3n) is 7.89. The highest BCUT2D eigenvalue weighted by atomic mass is 16.5. The molecule has 2 aliphatic heterocycles. The number of piperazine rings is 2. The SMILES string of the molecule is COCCN(C(=O)c1ccc(N2CCN(CC(=O)N3CCN(C4CCC4)CC3)CC2)cc1)C(C)C. The highest BCUT2D eigenvalue weighted by molar-refractivity contribution is 5.94. The fourth-order valence-electron chi connectivity index (χ4n) is 5.31. The van der Waals surface area contributed by atoms with Gasteiger partial charge in [0.1, 0.15) is 0 Å². The Balaban J connectivity index is 1.22. The summed E-state index contributed by atoms with van der Waals surface area (Å²) in [4.78, 5) is 36.9. The summed E-state index contributed by atoms with van der Waals surface area (Å²) in [7, 11) is 1.66. The monoisotopic (exact) mass is 485 g/mol. The topological polar surface area (TPSA) is 59.6 Å². The molecule has 194 valence electrons. The van der Waals surface area contributed by atoms with Gasteiger partial charge in [-0.1, -0.05) is 6.42 Å². The average molecular weight is 486 g/mol. The number of anilines is 1. The van der Waals surface area contributed by atoms with Crippen molar-refractivity contribution < 1.29 is 14.3 Å². The van der Waals surface area contributed by atoms with Crippen LogP contribution in [0.4, 0.5) is 5.69 Å². The minimum Gasteiger partial charge on any atom is -0.383 e. The van der Waals surface area contributed by atoms with Crippen LogP contribution in [-0.2, 0) is 9.53 Å². The molecule has 1 saturated carbocycles. The summed E-state index contributed by atoms with van der Waals surface area (Å²) in [5, 5.41) is 0. The quantitative estimate of drug-likeness (QED) is 0.533. The van der Waals surface area contributed by atoms with Gasteiger partial charge in [-0.15, -0.1) is 0 Å².